The first-order chi connectivity index (χ1) is 15.0. The van der Waals surface area contributed by atoms with Gasteiger partial charge >= 0.3 is 5.97 Å². The van der Waals surface area contributed by atoms with E-state index in [0.29, 0.717) is 0 Å². The molecule has 0 saturated carbocycles. The van der Waals surface area contributed by atoms with Crippen LogP contribution in [0.15, 0.2) is 35.3 Å². The summed E-state index contributed by atoms with van der Waals surface area (Å²) in [5.74, 6) is -5.17. The maximum atomic E-state index is 11.1. The van der Waals surface area contributed by atoms with Crippen molar-refractivity contribution >= 4 is 22.9 Å². The molecule has 1 aliphatic heterocycles. The molecule has 32 heavy (non-hydrogen) atoms. The Bertz CT molecular complexity index is 998. The van der Waals surface area contributed by atoms with Gasteiger partial charge in [-0.3, -0.25) is 9.59 Å². The molecule has 1 aromatic carbocycles. The van der Waals surface area contributed by atoms with Crippen LogP contribution in [0.3, 0.4) is 0 Å². The number of aromatic nitrogens is 2. The number of fused-ring (bicyclic) bond motifs is 1. The predicted molar refractivity (Wildman–Crippen MR) is 107 cm³/mol. The second kappa shape index (κ2) is 10.6. The summed E-state index contributed by atoms with van der Waals surface area (Å²) in [6.07, 6.45) is -6.20. The van der Waals surface area contributed by atoms with E-state index in [4.69, 9.17) is 14.9 Å². The van der Waals surface area contributed by atoms with Gasteiger partial charge in [0.25, 0.3) is 11.3 Å². The van der Waals surface area contributed by atoms with Crippen molar-refractivity contribution in [1.82, 2.24) is 15.3 Å². The van der Waals surface area contributed by atoms with E-state index in [0.717, 1.165) is 18.0 Å². The Morgan fingerprint density at radius 2 is 2.00 bits per heavy atom. The second-order valence-electron chi connectivity index (χ2n) is 7.17. The number of carboxylic acids is 1. The van der Waals surface area contributed by atoms with Crippen LogP contribution in [-0.2, 0) is 14.3 Å². The Kier molecular flexibility index (Phi) is 8.38. The van der Waals surface area contributed by atoms with E-state index in [9.17, 15) is 34.8 Å². The van der Waals surface area contributed by atoms with Crippen molar-refractivity contribution < 1.29 is 45.0 Å². The number of amides is 1. The number of carbonyl (C=O) groups excluding carboxylic acids is 1. The predicted octanol–water partition coefficient (Wildman–Crippen LogP) is -2.95. The molecule has 13 nitrogen and oxygen atoms in total. The minimum Gasteiger partial charge on any atom is -0.477 e. The minimum atomic E-state index is -2.78. The number of carbonyl (C=O) groups is 2. The molecule has 2 aromatic rings. The lowest BCUT2D eigenvalue weighted by molar-refractivity contribution is -0.295. The molecular weight excluding hydrogens is 430 g/mol. The van der Waals surface area contributed by atoms with E-state index < -0.39 is 61.1 Å². The Morgan fingerprint density at radius 3 is 2.59 bits per heavy atom. The highest BCUT2D eigenvalue weighted by Gasteiger charge is 2.53. The fourth-order valence-electron chi connectivity index (χ4n) is 3.12. The Labute approximate surface area is 180 Å². The second-order valence-corrected chi connectivity index (χ2v) is 7.17. The zero-order valence-electron chi connectivity index (χ0n) is 17.0. The Balaban J connectivity index is 0.000000273. The number of H-pyrrole nitrogens is 1. The first-order valence-electron chi connectivity index (χ1n) is 9.48. The number of rotatable bonds is 5. The number of hydrogen-bond acceptors (Lipinski definition) is 10. The lowest BCUT2D eigenvalue weighted by Gasteiger charge is -2.44. The third kappa shape index (κ3) is 6.06. The monoisotopic (exact) mass is 455 g/mol. The molecule has 2 heterocycles. The average molecular weight is 455 g/mol. The smallest absolute Gasteiger partial charge is 0.364 e. The average Bonchev–Trinajstić information content (AvgIpc) is 2.74. The van der Waals surface area contributed by atoms with Gasteiger partial charge in [-0.25, -0.2) is 9.78 Å². The number of aromatic amines is 1. The van der Waals surface area contributed by atoms with Crippen LogP contribution >= 0.6 is 0 Å². The third-order valence-corrected chi connectivity index (χ3v) is 4.69. The molecule has 0 aliphatic carbocycles. The van der Waals surface area contributed by atoms with Crippen LogP contribution in [0.25, 0.3) is 11.0 Å². The third-order valence-electron chi connectivity index (χ3n) is 4.69. The van der Waals surface area contributed by atoms with Crippen LogP contribution < -0.4 is 10.9 Å². The molecule has 176 valence electrons. The molecule has 1 saturated heterocycles. The van der Waals surface area contributed by atoms with Crippen molar-refractivity contribution in [3.05, 3.63) is 40.8 Å². The van der Waals surface area contributed by atoms with Crippen molar-refractivity contribution in [2.75, 3.05) is 6.61 Å². The van der Waals surface area contributed by atoms with Crippen molar-refractivity contribution in [1.29, 1.82) is 0 Å². The van der Waals surface area contributed by atoms with Crippen LogP contribution in [0.1, 0.15) is 13.3 Å². The van der Waals surface area contributed by atoms with Crippen LogP contribution in [-0.4, -0.2) is 95.3 Å². The highest BCUT2D eigenvalue weighted by atomic mass is 16.7. The van der Waals surface area contributed by atoms with Crippen molar-refractivity contribution in [2.24, 2.45) is 0 Å². The summed E-state index contributed by atoms with van der Waals surface area (Å²) in [5, 5.41) is 59.0. The summed E-state index contributed by atoms with van der Waals surface area (Å²) < 4.78 is 4.86. The standard InChI is InChI=1S/C11H19NO9.C8H6N2O/c1-4(14)12-7-5(15)2-11(20,10(18)19)21-9(7)8(17)6(16)3-13;11-8-5-9-6-3-1-2-4-7(6)10-8/h5-9,13,15-17,20H,2-3H2,1H3,(H,12,14)(H,18,19);1-5H,(H,10,11)/t5-,6?,7+,8?,9+,11?;/m0./s1. The molecule has 1 amide bonds. The van der Waals surface area contributed by atoms with Crippen LogP contribution in [0.4, 0.5) is 0 Å². The zero-order chi connectivity index (χ0) is 24.1. The number of hydrogen-bond donors (Lipinski definition) is 8. The molecule has 13 heteroatoms. The lowest BCUT2D eigenvalue weighted by atomic mass is 9.88. The van der Waals surface area contributed by atoms with Crippen LogP contribution in [0, 0.1) is 0 Å². The van der Waals surface area contributed by atoms with E-state index in [1.165, 1.54) is 6.20 Å². The van der Waals surface area contributed by atoms with Gasteiger partial charge < -0.3 is 45.7 Å². The highest BCUT2D eigenvalue weighted by molar-refractivity contribution is 5.76. The molecule has 1 aromatic heterocycles. The van der Waals surface area contributed by atoms with Gasteiger partial charge in [-0.2, -0.15) is 0 Å². The molecule has 3 unspecified atom stereocenters. The maximum Gasteiger partial charge on any atom is 0.364 e. The quantitative estimate of drug-likeness (QED) is 0.227. The number of carboxylic acid groups (broad SMARTS) is 1. The minimum absolute atomic E-state index is 0.163. The van der Waals surface area contributed by atoms with Gasteiger partial charge in [-0.05, 0) is 12.1 Å². The number of aliphatic hydroxyl groups is 5. The number of benzene rings is 1. The van der Waals surface area contributed by atoms with Gasteiger partial charge in [0.2, 0.25) is 5.91 Å². The maximum absolute atomic E-state index is 11.1. The number of para-hydroxylation sites is 2. The molecule has 0 radical (unpaired) electrons. The summed E-state index contributed by atoms with van der Waals surface area (Å²) >= 11 is 0. The number of aliphatic carboxylic acids is 1. The van der Waals surface area contributed by atoms with Gasteiger partial charge in [-0.15, -0.1) is 0 Å². The fourth-order valence-corrected chi connectivity index (χ4v) is 3.12. The fraction of sp³-hybridized carbons (Fsp3) is 0.474. The van der Waals surface area contributed by atoms with Gasteiger partial charge in [0.05, 0.1) is 36.0 Å². The molecule has 1 aliphatic rings. The van der Waals surface area contributed by atoms with Crippen molar-refractivity contribution in [3.8, 4) is 0 Å². The van der Waals surface area contributed by atoms with Gasteiger partial charge in [0.15, 0.2) is 0 Å². The normalized spacial score (nSPS) is 27.0. The van der Waals surface area contributed by atoms with Crippen LogP contribution in [0.5, 0.6) is 0 Å². The Hall–Kier alpha value is -2.94. The van der Waals surface area contributed by atoms with E-state index in [2.05, 4.69) is 15.3 Å². The summed E-state index contributed by atoms with van der Waals surface area (Å²) in [7, 11) is 0. The molecule has 0 bridgehead atoms. The number of nitrogens with zero attached hydrogens (tertiary/aromatic N) is 1. The summed E-state index contributed by atoms with van der Waals surface area (Å²) in [6, 6.07) is 6.15. The van der Waals surface area contributed by atoms with Gasteiger partial charge in [0, 0.05) is 13.3 Å². The summed E-state index contributed by atoms with van der Waals surface area (Å²) in [6.45, 7) is 0.256. The zero-order valence-corrected chi connectivity index (χ0v) is 17.0. The summed E-state index contributed by atoms with van der Waals surface area (Å²) in [5.41, 5.74) is 1.43. The molecule has 6 atom stereocenters. The largest absolute Gasteiger partial charge is 0.477 e. The molecule has 8 N–H and O–H groups in total. The van der Waals surface area contributed by atoms with E-state index in [1.807, 2.05) is 24.3 Å². The van der Waals surface area contributed by atoms with Crippen molar-refractivity contribution in [3.63, 3.8) is 0 Å². The molecular formula is C19H25N3O10. The SMILES string of the molecule is CC(=O)N[C@@H]1[C@@H](O)CC(O)(C(=O)O)O[C@H]1C(O)C(O)CO.O=c1cnc2ccccc2[nH]1. The van der Waals surface area contributed by atoms with E-state index in [1.54, 1.807) is 0 Å². The van der Waals surface area contributed by atoms with E-state index >= 15 is 0 Å². The lowest BCUT2D eigenvalue weighted by Crippen LogP contribution is -2.67. The van der Waals surface area contributed by atoms with E-state index in [-0.39, 0.29) is 5.56 Å². The Morgan fingerprint density at radius 1 is 1.34 bits per heavy atom. The number of ether oxygens (including phenoxy) is 1. The topological polar surface area (TPSA) is 223 Å². The summed E-state index contributed by atoms with van der Waals surface area (Å²) in [4.78, 5) is 39.5. The van der Waals surface area contributed by atoms with Crippen molar-refractivity contribution in [2.45, 2.75) is 49.6 Å². The van der Waals surface area contributed by atoms with Gasteiger partial charge in [-0.1, -0.05) is 12.1 Å². The van der Waals surface area contributed by atoms with Gasteiger partial charge in [0.1, 0.15) is 18.3 Å². The molecule has 1 fully saturated rings. The number of aliphatic hydroxyl groups excluding tert-OH is 4. The first kappa shape index (κ1) is 25.3. The highest BCUT2D eigenvalue weighted by Crippen LogP contribution is 2.30. The number of nitrogens with one attached hydrogen (secondary N) is 2. The molecule has 0 spiro atoms. The van der Waals surface area contributed by atoms with Crippen LogP contribution in [0.2, 0.25) is 0 Å². The first-order valence-corrected chi connectivity index (χ1v) is 9.48. The molecule has 3 rings (SSSR count).